The van der Waals surface area contributed by atoms with Crippen molar-refractivity contribution < 1.29 is 9.59 Å². The maximum absolute atomic E-state index is 11.9. The topological polar surface area (TPSA) is 63.4 Å². The summed E-state index contributed by atoms with van der Waals surface area (Å²) in [4.78, 5) is 26.3. The lowest BCUT2D eigenvalue weighted by Crippen LogP contribution is -2.51. The molecule has 0 aliphatic carbocycles. The fourth-order valence-corrected chi connectivity index (χ4v) is 3.36. The lowest BCUT2D eigenvalue weighted by Gasteiger charge is -2.36. The van der Waals surface area contributed by atoms with Crippen molar-refractivity contribution in [1.82, 2.24) is 4.90 Å². The maximum atomic E-state index is 11.9. The minimum Gasteiger partial charge on any atom is -0.368 e. The zero-order valence-corrected chi connectivity index (χ0v) is 11.3. The lowest BCUT2D eigenvalue weighted by molar-refractivity contribution is -0.142. The molecule has 98 valence electrons. The van der Waals surface area contributed by atoms with Crippen LogP contribution in [0.4, 0.5) is 0 Å². The SMILES string of the molecule is CCC(C(N)=O)N1CC(c2cccs2)CCC1=O. The third kappa shape index (κ3) is 2.56. The minimum atomic E-state index is -0.458. The molecule has 0 aromatic carbocycles. The number of hydrogen-bond donors (Lipinski definition) is 1. The van der Waals surface area contributed by atoms with Gasteiger partial charge in [0.1, 0.15) is 6.04 Å². The fourth-order valence-electron chi connectivity index (χ4n) is 2.50. The molecule has 0 saturated carbocycles. The van der Waals surface area contributed by atoms with E-state index >= 15 is 0 Å². The summed E-state index contributed by atoms with van der Waals surface area (Å²) in [5, 5.41) is 2.04. The van der Waals surface area contributed by atoms with Crippen LogP contribution >= 0.6 is 11.3 Å². The molecule has 0 radical (unpaired) electrons. The van der Waals surface area contributed by atoms with Gasteiger partial charge in [0.05, 0.1) is 0 Å². The number of hydrogen-bond acceptors (Lipinski definition) is 3. The van der Waals surface area contributed by atoms with Gasteiger partial charge in [0.2, 0.25) is 11.8 Å². The van der Waals surface area contributed by atoms with Crippen LogP contribution in [0.3, 0.4) is 0 Å². The molecule has 1 fully saturated rings. The van der Waals surface area contributed by atoms with Crippen molar-refractivity contribution in [2.75, 3.05) is 6.54 Å². The largest absolute Gasteiger partial charge is 0.368 e. The van der Waals surface area contributed by atoms with Gasteiger partial charge in [-0.15, -0.1) is 11.3 Å². The second-order valence-electron chi connectivity index (χ2n) is 4.62. The van der Waals surface area contributed by atoms with Crippen LogP contribution < -0.4 is 5.73 Å². The Kier molecular flexibility index (Phi) is 4.01. The molecular weight excluding hydrogens is 248 g/mol. The average molecular weight is 266 g/mol. The summed E-state index contributed by atoms with van der Waals surface area (Å²) in [6, 6.07) is 3.65. The Morgan fingerprint density at radius 3 is 3.00 bits per heavy atom. The summed E-state index contributed by atoms with van der Waals surface area (Å²) in [5.41, 5.74) is 5.37. The normalized spacial score (nSPS) is 21.9. The summed E-state index contributed by atoms with van der Waals surface area (Å²) in [7, 11) is 0. The molecule has 2 atom stereocenters. The zero-order valence-electron chi connectivity index (χ0n) is 10.5. The number of piperidine rings is 1. The van der Waals surface area contributed by atoms with Gasteiger partial charge in [-0.3, -0.25) is 9.59 Å². The van der Waals surface area contributed by atoms with Crippen LogP contribution in [0.1, 0.15) is 37.0 Å². The number of amides is 2. The predicted molar refractivity (Wildman–Crippen MR) is 71.3 cm³/mol. The number of nitrogens with zero attached hydrogens (tertiary/aromatic N) is 1. The number of thiophene rings is 1. The standard InChI is InChI=1S/C13H18N2O2S/c1-2-10(13(14)17)15-8-9(5-6-12(15)16)11-4-3-7-18-11/h3-4,7,9-10H,2,5-6,8H2,1H3,(H2,14,17). The number of primary amides is 1. The Morgan fingerprint density at radius 1 is 1.67 bits per heavy atom. The van der Waals surface area contributed by atoms with E-state index in [9.17, 15) is 9.59 Å². The molecule has 5 heteroatoms. The van der Waals surface area contributed by atoms with Gasteiger partial charge >= 0.3 is 0 Å². The fraction of sp³-hybridized carbons (Fsp3) is 0.538. The Bertz CT molecular complexity index is 430. The Labute approximate surface area is 111 Å². The molecule has 2 amide bonds. The van der Waals surface area contributed by atoms with Gasteiger partial charge in [-0.05, 0) is 24.3 Å². The van der Waals surface area contributed by atoms with E-state index in [1.165, 1.54) is 4.88 Å². The summed E-state index contributed by atoms with van der Waals surface area (Å²) in [6.07, 6.45) is 1.95. The quantitative estimate of drug-likeness (QED) is 0.902. The Balaban J connectivity index is 2.14. The first-order chi connectivity index (χ1) is 8.63. The van der Waals surface area contributed by atoms with Crippen LogP contribution in [0.25, 0.3) is 0 Å². The van der Waals surface area contributed by atoms with Crippen molar-refractivity contribution in [2.24, 2.45) is 5.73 Å². The second-order valence-corrected chi connectivity index (χ2v) is 5.60. The molecule has 1 aliphatic rings. The van der Waals surface area contributed by atoms with Crippen molar-refractivity contribution in [3.8, 4) is 0 Å². The van der Waals surface area contributed by atoms with Gasteiger partial charge in [0.25, 0.3) is 0 Å². The van der Waals surface area contributed by atoms with Crippen LogP contribution in [0.2, 0.25) is 0 Å². The van der Waals surface area contributed by atoms with Gasteiger partial charge in [-0.2, -0.15) is 0 Å². The molecule has 18 heavy (non-hydrogen) atoms. The number of carbonyl (C=O) groups is 2. The minimum absolute atomic E-state index is 0.0495. The molecule has 1 aliphatic heterocycles. The maximum Gasteiger partial charge on any atom is 0.240 e. The Morgan fingerprint density at radius 2 is 2.44 bits per heavy atom. The predicted octanol–water partition coefficient (Wildman–Crippen LogP) is 1.72. The highest BCUT2D eigenvalue weighted by Gasteiger charge is 2.33. The third-order valence-corrected chi connectivity index (χ3v) is 4.52. The van der Waals surface area contributed by atoms with E-state index < -0.39 is 11.9 Å². The second kappa shape index (κ2) is 5.52. The van der Waals surface area contributed by atoms with Crippen molar-refractivity contribution in [1.29, 1.82) is 0 Å². The monoisotopic (exact) mass is 266 g/mol. The first-order valence-corrected chi connectivity index (χ1v) is 7.13. The van der Waals surface area contributed by atoms with E-state index in [2.05, 4.69) is 6.07 Å². The van der Waals surface area contributed by atoms with Gasteiger partial charge in [-0.1, -0.05) is 13.0 Å². The van der Waals surface area contributed by atoms with Gasteiger partial charge in [-0.25, -0.2) is 0 Å². The first kappa shape index (κ1) is 13.1. The lowest BCUT2D eigenvalue weighted by atomic mass is 9.94. The molecule has 0 spiro atoms. The van der Waals surface area contributed by atoms with Crippen LogP contribution in [0.15, 0.2) is 17.5 Å². The average Bonchev–Trinajstić information content (AvgIpc) is 2.85. The van der Waals surface area contributed by atoms with Gasteiger partial charge in [0.15, 0.2) is 0 Å². The Hall–Kier alpha value is -1.36. The van der Waals surface area contributed by atoms with Gasteiger partial charge in [0, 0.05) is 23.8 Å². The van der Waals surface area contributed by atoms with Crippen molar-refractivity contribution >= 4 is 23.2 Å². The van der Waals surface area contributed by atoms with Crippen LogP contribution in [0.5, 0.6) is 0 Å². The van der Waals surface area contributed by atoms with Crippen LogP contribution in [-0.4, -0.2) is 29.3 Å². The molecule has 1 aromatic heterocycles. The van der Waals surface area contributed by atoms with Crippen molar-refractivity contribution in [3.63, 3.8) is 0 Å². The molecule has 1 aromatic rings. The molecule has 4 nitrogen and oxygen atoms in total. The van der Waals surface area contributed by atoms with E-state index in [4.69, 9.17) is 5.73 Å². The molecule has 2 heterocycles. The summed E-state index contributed by atoms with van der Waals surface area (Å²) in [5.74, 6) is -0.0118. The van der Waals surface area contributed by atoms with E-state index in [0.29, 0.717) is 25.3 Å². The highest BCUT2D eigenvalue weighted by atomic mass is 32.1. The molecule has 2 unspecified atom stereocenters. The van der Waals surface area contributed by atoms with Crippen LogP contribution in [-0.2, 0) is 9.59 Å². The summed E-state index contributed by atoms with van der Waals surface area (Å²) < 4.78 is 0. The van der Waals surface area contributed by atoms with E-state index in [0.717, 1.165) is 6.42 Å². The molecular formula is C13H18N2O2S. The molecule has 1 saturated heterocycles. The number of likely N-dealkylation sites (tertiary alicyclic amines) is 1. The van der Waals surface area contributed by atoms with E-state index in [1.54, 1.807) is 16.2 Å². The molecule has 0 bridgehead atoms. The zero-order chi connectivity index (χ0) is 13.1. The van der Waals surface area contributed by atoms with Crippen molar-refractivity contribution in [2.45, 2.75) is 38.1 Å². The van der Waals surface area contributed by atoms with E-state index in [1.807, 2.05) is 18.4 Å². The highest BCUT2D eigenvalue weighted by molar-refractivity contribution is 7.10. The number of rotatable bonds is 4. The third-order valence-electron chi connectivity index (χ3n) is 3.48. The van der Waals surface area contributed by atoms with Gasteiger partial charge < -0.3 is 10.6 Å². The number of nitrogens with two attached hydrogens (primary N) is 1. The smallest absolute Gasteiger partial charge is 0.240 e. The van der Waals surface area contributed by atoms with Crippen LogP contribution in [0, 0.1) is 0 Å². The molecule has 2 rings (SSSR count). The summed E-state index contributed by atoms with van der Waals surface area (Å²) in [6.45, 7) is 2.50. The first-order valence-electron chi connectivity index (χ1n) is 6.25. The van der Waals surface area contributed by atoms with Crippen molar-refractivity contribution in [3.05, 3.63) is 22.4 Å². The number of carbonyl (C=O) groups excluding carboxylic acids is 2. The summed E-state index contributed by atoms with van der Waals surface area (Å²) >= 11 is 1.71. The molecule has 2 N–H and O–H groups in total. The highest BCUT2D eigenvalue weighted by Crippen LogP contribution is 2.31. The van der Waals surface area contributed by atoms with E-state index in [-0.39, 0.29) is 5.91 Å².